The largest absolute Gasteiger partial charge is 0.409 e. The molecule has 2 rings (SSSR count). The maximum atomic E-state index is 13.3. The van der Waals surface area contributed by atoms with Crippen LogP contribution < -0.4 is 5.73 Å². The molecule has 0 radical (unpaired) electrons. The average Bonchev–Trinajstić information content (AvgIpc) is 2.81. The van der Waals surface area contributed by atoms with E-state index in [0.717, 1.165) is 5.56 Å². The van der Waals surface area contributed by atoms with Crippen molar-refractivity contribution < 1.29 is 9.60 Å². The third-order valence-electron chi connectivity index (χ3n) is 2.54. The number of aromatic nitrogens is 1. The fourth-order valence-corrected chi connectivity index (χ4v) is 1.79. The second kappa shape index (κ2) is 5.10. The van der Waals surface area contributed by atoms with Gasteiger partial charge in [-0.05, 0) is 29.8 Å². The van der Waals surface area contributed by atoms with Crippen LogP contribution in [0.1, 0.15) is 11.3 Å². The smallest absolute Gasteiger partial charge is 0.186 e. The van der Waals surface area contributed by atoms with Gasteiger partial charge in [0.2, 0.25) is 0 Å². The van der Waals surface area contributed by atoms with Gasteiger partial charge in [0, 0.05) is 12.7 Å². The number of hydrogen-bond acceptors (Lipinski definition) is 2. The maximum Gasteiger partial charge on any atom is 0.186 e. The zero-order valence-electron chi connectivity index (χ0n) is 9.35. The fourth-order valence-electron chi connectivity index (χ4n) is 1.67. The highest BCUT2D eigenvalue weighted by Gasteiger charge is 2.07. The molecule has 0 aliphatic carbocycles. The molecule has 0 unspecified atom stereocenters. The molecule has 1 heterocycles. The summed E-state index contributed by atoms with van der Waals surface area (Å²) < 4.78 is 15.1. The first-order valence-corrected chi connectivity index (χ1v) is 5.56. The first kappa shape index (κ1) is 12.4. The standard InChI is InChI=1S/C12H11ClFN3O/c13-9-4-3-8(6-10(9)14)7-17-5-1-2-11(17)12(15)16-18/h1-6,18H,7H2,(H2,15,16). The summed E-state index contributed by atoms with van der Waals surface area (Å²) in [5.74, 6) is -0.457. The number of rotatable bonds is 3. The van der Waals surface area contributed by atoms with Gasteiger partial charge in [0.25, 0.3) is 0 Å². The summed E-state index contributed by atoms with van der Waals surface area (Å²) >= 11 is 5.61. The second-order valence-corrected chi connectivity index (χ2v) is 4.16. The molecule has 0 saturated carbocycles. The lowest BCUT2D eigenvalue weighted by molar-refractivity contribution is 0.318. The predicted octanol–water partition coefficient (Wildman–Crippen LogP) is 2.42. The van der Waals surface area contributed by atoms with E-state index in [9.17, 15) is 4.39 Å². The van der Waals surface area contributed by atoms with Crippen molar-refractivity contribution in [2.24, 2.45) is 10.9 Å². The molecule has 0 bridgehead atoms. The normalized spacial score (nSPS) is 11.8. The molecule has 0 spiro atoms. The summed E-state index contributed by atoms with van der Waals surface area (Å²) in [5, 5.41) is 11.7. The van der Waals surface area contributed by atoms with E-state index in [4.69, 9.17) is 22.5 Å². The van der Waals surface area contributed by atoms with Gasteiger partial charge in [-0.2, -0.15) is 0 Å². The van der Waals surface area contributed by atoms with Crippen LogP contribution in [0.5, 0.6) is 0 Å². The van der Waals surface area contributed by atoms with Crippen LogP contribution in [0.4, 0.5) is 4.39 Å². The van der Waals surface area contributed by atoms with E-state index in [1.54, 1.807) is 29.0 Å². The number of oxime groups is 1. The molecule has 2 aromatic rings. The molecule has 0 fully saturated rings. The molecule has 0 aliphatic rings. The van der Waals surface area contributed by atoms with Crippen molar-refractivity contribution in [3.05, 3.63) is 58.6 Å². The summed E-state index contributed by atoms with van der Waals surface area (Å²) in [7, 11) is 0. The van der Waals surface area contributed by atoms with E-state index in [1.807, 2.05) is 0 Å². The van der Waals surface area contributed by atoms with Crippen LogP contribution in [0, 0.1) is 5.82 Å². The van der Waals surface area contributed by atoms with Gasteiger partial charge in [-0.1, -0.05) is 22.8 Å². The van der Waals surface area contributed by atoms with Crippen LogP contribution in [0.2, 0.25) is 5.02 Å². The topological polar surface area (TPSA) is 63.5 Å². The highest BCUT2D eigenvalue weighted by atomic mass is 35.5. The average molecular weight is 268 g/mol. The van der Waals surface area contributed by atoms with Crippen molar-refractivity contribution in [1.82, 2.24) is 4.57 Å². The Morgan fingerprint density at radius 1 is 1.44 bits per heavy atom. The molecule has 18 heavy (non-hydrogen) atoms. The highest BCUT2D eigenvalue weighted by Crippen LogP contribution is 2.17. The van der Waals surface area contributed by atoms with Gasteiger partial charge in [0.15, 0.2) is 5.84 Å². The first-order valence-electron chi connectivity index (χ1n) is 5.19. The Kier molecular flexibility index (Phi) is 3.53. The van der Waals surface area contributed by atoms with Crippen molar-refractivity contribution in [3.8, 4) is 0 Å². The van der Waals surface area contributed by atoms with Crippen LogP contribution >= 0.6 is 11.6 Å². The minimum atomic E-state index is -0.466. The Hall–Kier alpha value is -2.01. The number of amidine groups is 1. The van der Waals surface area contributed by atoms with Gasteiger partial charge < -0.3 is 15.5 Å². The van der Waals surface area contributed by atoms with E-state index in [2.05, 4.69) is 5.16 Å². The molecule has 0 aliphatic heterocycles. The van der Waals surface area contributed by atoms with E-state index in [1.165, 1.54) is 12.1 Å². The number of halogens is 2. The van der Waals surface area contributed by atoms with Crippen molar-refractivity contribution >= 4 is 17.4 Å². The van der Waals surface area contributed by atoms with E-state index >= 15 is 0 Å². The molecule has 0 amide bonds. The first-order chi connectivity index (χ1) is 8.61. The number of nitrogens with zero attached hydrogens (tertiary/aromatic N) is 2. The fraction of sp³-hybridized carbons (Fsp3) is 0.0833. The van der Waals surface area contributed by atoms with E-state index in [0.29, 0.717) is 12.2 Å². The summed E-state index contributed by atoms with van der Waals surface area (Å²) in [6.07, 6.45) is 1.76. The van der Waals surface area contributed by atoms with Crippen LogP contribution in [-0.4, -0.2) is 15.6 Å². The number of nitrogens with two attached hydrogens (primary N) is 1. The lowest BCUT2D eigenvalue weighted by Gasteiger charge is -2.08. The predicted molar refractivity (Wildman–Crippen MR) is 67.5 cm³/mol. The number of hydrogen-bond donors (Lipinski definition) is 2. The monoisotopic (exact) mass is 267 g/mol. The molecule has 1 aromatic heterocycles. The third-order valence-corrected chi connectivity index (χ3v) is 2.84. The van der Waals surface area contributed by atoms with Gasteiger partial charge in [-0.25, -0.2) is 4.39 Å². The minimum absolute atomic E-state index is 0.00874. The van der Waals surface area contributed by atoms with Gasteiger partial charge >= 0.3 is 0 Å². The minimum Gasteiger partial charge on any atom is -0.409 e. The quantitative estimate of drug-likeness (QED) is 0.388. The third kappa shape index (κ3) is 2.46. The Labute approximate surface area is 108 Å². The molecular weight excluding hydrogens is 257 g/mol. The van der Waals surface area contributed by atoms with E-state index in [-0.39, 0.29) is 10.9 Å². The molecule has 6 heteroatoms. The molecular formula is C12H11ClFN3O. The highest BCUT2D eigenvalue weighted by molar-refractivity contribution is 6.30. The van der Waals surface area contributed by atoms with Crippen molar-refractivity contribution in [1.29, 1.82) is 0 Å². The van der Waals surface area contributed by atoms with Gasteiger partial charge in [0.05, 0.1) is 10.7 Å². The Morgan fingerprint density at radius 2 is 2.22 bits per heavy atom. The van der Waals surface area contributed by atoms with Gasteiger partial charge in [-0.3, -0.25) is 0 Å². The summed E-state index contributed by atoms with van der Waals surface area (Å²) in [6, 6.07) is 8.06. The molecule has 0 saturated heterocycles. The zero-order valence-corrected chi connectivity index (χ0v) is 10.1. The SMILES string of the molecule is N/C(=N/O)c1cccn1Cc1ccc(Cl)c(F)c1. The molecule has 1 aromatic carbocycles. The molecule has 94 valence electrons. The second-order valence-electron chi connectivity index (χ2n) is 3.76. The Bertz CT molecular complexity index is 595. The van der Waals surface area contributed by atoms with Crippen molar-refractivity contribution in [3.63, 3.8) is 0 Å². The van der Waals surface area contributed by atoms with Crippen molar-refractivity contribution in [2.75, 3.05) is 0 Å². The molecule has 4 nitrogen and oxygen atoms in total. The molecule has 3 N–H and O–H groups in total. The van der Waals surface area contributed by atoms with Gasteiger partial charge in [-0.15, -0.1) is 0 Å². The van der Waals surface area contributed by atoms with Crippen LogP contribution in [0.15, 0.2) is 41.7 Å². The van der Waals surface area contributed by atoms with Crippen molar-refractivity contribution in [2.45, 2.75) is 6.54 Å². The summed E-state index contributed by atoms with van der Waals surface area (Å²) in [5.41, 5.74) is 6.83. The van der Waals surface area contributed by atoms with Crippen LogP contribution in [0.3, 0.4) is 0 Å². The summed E-state index contributed by atoms with van der Waals surface area (Å²) in [4.78, 5) is 0. The van der Waals surface area contributed by atoms with Gasteiger partial charge in [0.1, 0.15) is 5.82 Å². The lowest BCUT2D eigenvalue weighted by Crippen LogP contribution is -2.18. The Balaban J connectivity index is 2.29. The van der Waals surface area contributed by atoms with E-state index < -0.39 is 5.82 Å². The summed E-state index contributed by atoms with van der Waals surface area (Å²) in [6.45, 7) is 0.409. The maximum absolute atomic E-state index is 13.3. The lowest BCUT2D eigenvalue weighted by atomic mass is 10.2. The van der Waals surface area contributed by atoms with Crippen LogP contribution in [-0.2, 0) is 6.54 Å². The van der Waals surface area contributed by atoms with Crippen LogP contribution in [0.25, 0.3) is 0 Å². The number of benzene rings is 1. The Morgan fingerprint density at radius 3 is 2.89 bits per heavy atom. The zero-order chi connectivity index (χ0) is 13.1. The molecule has 0 atom stereocenters.